The zero-order chi connectivity index (χ0) is 17.0. The van der Waals surface area contributed by atoms with Gasteiger partial charge in [0.15, 0.2) is 10.8 Å². The summed E-state index contributed by atoms with van der Waals surface area (Å²) in [4.78, 5) is 4.89. The smallest absolute Gasteiger partial charge is 0.265 e. The molecular weight excluding hydrogens is 356 g/mol. The highest BCUT2D eigenvalue weighted by molar-refractivity contribution is 7.93. The van der Waals surface area contributed by atoms with Crippen LogP contribution in [0, 0.1) is 0 Å². The molecule has 25 heavy (non-hydrogen) atoms. The number of hydrogen-bond acceptors (Lipinski definition) is 5. The second-order valence-corrected chi connectivity index (χ2v) is 8.45. The number of aromatic nitrogens is 1. The van der Waals surface area contributed by atoms with Gasteiger partial charge < -0.3 is 4.42 Å². The monoisotopic (exact) mass is 368 g/mol. The molecule has 7 heteroatoms. The molecule has 1 aliphatic rings. The molecule has 1 aliphatic heterocycles. The Kier molecular flexibility index (Phi) is 3.04. The fourth-order valence-corrected chi connectivity index (χ4v) is 5.63. The quantitative estimate of drug-likeness (QED) is 0.542. The molecule has 0 aliphatic carbocycles. The lowest BCUT2D eigenvalue weighted by Crippen LogP contribution is -2.26. The Morgan fingerprint density at radius 2 is 1.92 bits per heavy atom. The first-order valence-electron chi connectivity index (χ1n) is 7.67. The van der Waals surface area contributed by atoms with Gasteiger partial charge in [-0.05, 0) is 29.7 Å². The van der Waals surface area contributed by atoms with E-state index in [9.17, 15) is 8.42 Å². The molecule has 124 valence electrons. The minimum atomic E-state index is -3.57. The summed E-state index contributed by atoms with van der Waals surface area (Å²) in [7, 11) is -3.57. The highest BCUT2D eigenvalue weighted by Gasteiger charge is 2.35. The molecule has 3 heterocycles. The predicted molar refractivity (Wildman–Crippen MR) is 97.1 cm³/mol. The highest BCUT2D eigenvalue weighted by atomic mass is 32.2. The van der Waals surface area contributed by atoms with Crippen LogP contribution in [0.1, 0.15) is 5.69 Å². The lowest BCUT2D eigenvalue weighted by Gasteiger charge is -2.17. The van der Waals surface area contributed by atoms with Gasteiger partial charge in [-0.2, -0.15) is 0 Å². The van der Waals surface area contributed by atoms with Crippen molar-refractivity contribution in [1.82, 2.24) is 4.98 Å². The third kappa shape index (κ3) is 2.13. The van der Waals surface area contributed by atoms with Gasteiger partial charge in [0.25, 0.3) is 10.0 Å². The molecule has 0 bridgehead atoms. The molecule has 5 rings (SSSR count). The minimum absolute atomic E-state index is 0.202. The van der Waals surface area contributed by atoms with Gasteiger partial charge >= 0.3 is 0 Å². The minimum Gasteiger partial charge on any atom is -0.462 e. The molecule has 5 nitrogen and oxygen atoms in total. The number of nitrogens with zero attached hydrogens (tertiary/aromatic N) is 2. The maximum Gasteiger partial charge on any atom is 0.265 e. The number of hydrogen-bond donors (Lipinski definition) is 0. The van der Waals surface area contributed by atoms with Gasteiger partial charge in [0.1, 0.15) is 0 Å². The average molecular weight is 368 g/mol. The lowest BCUT2D eigenvalue weighted by atomic mass is 10.1. The summed E-state index contributed by atoms with van der Waals surface area (Å²) >= 11 is 1.44. The Balaban J connectivity index is 1.59. The van der Waals surface area contributed by atoms with E-state index in [0.29, 0.717) is 22.0 Å². The third-order valence-electron chi connectivity index (χ3n) is 4.27. The molecule has 0 N–H and O–H groups in total. The van der Waals surface area contributed by atoms with E-state index in [0.717, 1.165) is 15.8 Å². The first-order chi connectivity index (χ1) is 12.1. The normalized spacial score (nSPS) is 15.1. The summed E-state index contributed by atoms with van der Waals surface area (Å²) < 4.78 is 32.8. The van der Waals surface area contributed by atoms with Crippen molar-refractivity contribution in [3.8, 4) is 10.8 Å². The largest absolute Gasteiger partial charge is 0.462 e. The number of rotatable bonds is 3. The topological polar surface area (TPSA) is 63.4 Å². The van der Waals surface area contributed by atoms with E-state index in [-0.39, 0.29) is 6.54 Å². The van der Waals surface area contributed by atoms with Crippen molar-refractivity contribution >= 4 is 37.8 Å². The third-order valence-corrected chi connectivity index (χ3v) is 6.98. The van der Waals surface area contributed by atoms with E-state index in [1.54, 1.807) is 24.5 Å². The predicted octanol–water partition coefficient (Wildman–Crippen LogP) is 4.27. The molecule has 0 atom stereocenters. The molecule has 0 radical (unpaired) electrons. The van der Waals surface area contributed by atoms with Crippen molar-refractivity contribution < 1.29 is 12.8 Å². The van der Waals surface area contributed by atoms with E-state index in [4.69, 9.17) is 4.42 Å². The van der Waals surface area contributed by atoms with Crippen molar-refractivity contribution in [1.29, 1.82) is 0 Å². The van der Waals surface area contributed by atoms with Crippen LogP contribution in [0.4, 0.5) is 5.69 Å². The van der Waals surface area contributed by atoms with Crippen LogP contribution >= 0.6 is 11.3 Å². The first-order valence-corrected chi connectivity index (χ1v) is 9.99. The van der Waals surface area contributed by atoms with Gasteiger partial charge in [-0.1, -0.05) is 24.3 Å². The van der Waals surface area contributed by atoms with Gasteiger partial charge in [0.05, 0.1) is 29.1 Å². The number of thiazole rings is 1. The molecule has 0 amide bonds. The molecule has 2 aromatic heterocycles. The van der Waals surface area contributed by atoms with E-state index < -0.39 is 10.0 Å². The number of sulfonamides is 1. The first kappa shape index (κ1) is 14.7. The van der Waals surface area contributed by atoms with Crippen molar-refractivity contribution in [2.45, 2.75) is 11.4 Å². The van der Waals surface area contributed by atoms with Crippen molar-refractivity contribution in [3.05, 3.63) is 65.9 Å². The van der Waals surface area contributed by atoms with Gasteiger partial charge in [-0.3, -0.25) is 4.31 Å². The number of anilines is 1. The van der Waals surface area contributed by atoms with Crippen molar-refractivity contribution in [3.63, 3.8) is 0 Å². The van der Waals surface area contributed by atoms with Crippen molar-refractivity contribution in [2.75, 3.05) is 4.31 Å². The molecule has 0 saturated heterocycles. The summed E-state index contributed by atoms with van der Waals surface area (Å²) in [5, 5.41) is 4.32. The second kappa shape index (κ2) is 5.18. The van der Waals surface area contributed by atoms with Crippen LogP contribution in [0.5, 0.6) is 0 Å². The standard InChI is InChI=1S/C18H12N2O3S2/c21-25(22)16-8-2-5-12-4-1-6-14(17(12)16)20(25)10-13-11-24-18(19-13)15-7-3-9-23-15/h1-9,11H,10H2. The molecule has 0 saturated carbocycles. The van der Waals surface area contributed by atoms with Crippen molar-refractivity contribution in [2.24, 2.45) is 0 Å². The van der Waals surface area contributed by atoms with Crippen LogP contribution in [0.2, 0.25) is 0 Å². The maximum absolute atomic E-state index is 13.0. The molecular formula is C18H12N2O3S2. The van der Waals surface area contributed by atoms with E-state index in [1.165, 1.54) is 15.6 Å². The molecule has 0 fully saturated rings. The van der Waals surface area contributed by atoms with Crippen LogP contribution in [-0.4, -0.2) is 13.4 Å². The fraction of sp³-hybridized carbons (Fsp3) is 0.0556. The van der Waals surface area contributed by atoms with Crippen LogP contribution in [0.25, 0.3) is 21.5 Å². The van der Waals surface area contributed by atoms with Gasteiger partial charge in [0, 0.05) is 10.8 Å². The summed E-state index contributed by atoms with van der Waals surface area (Å²) in [5.41, 5.74) is 1.41. The second-order valence-electron chi connectivity index (χ2n) is 5.76. The summed E-state index contributed by atoms with van der Waals surface area (Å²) in [6.45, 7) is 0.202. The number of furan rings is 1. The Labute approximate surface area is 148 Å². The molecule has 4 aromatic rings. The van der Waals surface area contributed by atoms with E-state index in [1.807, 2.05) is 35.7 Å². The van der Waals surface area contributed by atoms with Crippen LogP contribution in [0.3, 0.4) is 0 Å². The lowest BCUT2D eigenvalue weighted by molar-refractivity contribution is 0.581. The summed E-state index contributed by atoms with van der Waals surface area (Å²) in [6.07, 6.45) is 1.60. The highest BCUT2D eigenvalue weighted by Crippen LogP contribution is 2.42. The zero-order valence-electron chi connectivity index (χ0n) is 12.9. The molecule has 2 aromatic carbocycles. The van der Waals surface area contributed by atoms with Gasteiger partial charge in [-0.25, -0.2) is 13.4 Å². The Morgan fingerprint density at radius 1 is 1.08 bits per heavy atom. The van der Waals surface area contributed by atoms with Gasteiger partial charge in [-0.15, -0.1) is 11.3 Å². The van der Waals surface area contributed by atoms with Crippen LogP contribution < -0.4 is 4.31 Å². The number of benzene rings is 2. The van der Waals surface area contributed by atoms with E-state index >= 15 is 0 Å². The Bertz CT molecular complexity index is 1190. The molecule has 0 unspecified atom stereocenters. The summed E-state index contributed by atoms with van der Waals surface area (Å²) in [5.74, 6) is 0.686. The summed E-state index contributed by atoms with van der Waals surface area (Å²) in [6, 6.07) is 14.7. The average Bonchev–Trinajstić information content (AvgIpc) is 3.33. The maximum atomic E-state index is 13.0. The van der Waals surface area contributed by atoms with Crippen LogP contribution in [-0.2, 0) is 16.6 Å². The fourth-order valence-electron chi connectivity index (χ4n) is 3.17. The zero-order valence-corrected chi connectivity index (χ0v) is 14.5. The molecule has 0 spiro atoms. The SMILES string of the molecule is O=S1(=O)c2cccc3cccc(c23)N1Cc1csc(-c2ccco2)n1. The Morgan fingerprint density at radius 3 is 2.72 bits per heavy atom. The van der Waals surface area contributed by atoms with Crippen LogP contribution in [0.15, 0.2) is 69.5 Å². The Hall–Kier alpha value is -2.64. The van der Waals surface area contributed by atoms with Gasteiger partial charge in [0.2, 0.25) is 0 Å². The van der Waals surface area contributed by atoms with E-state index in [2.05, 4.69) is 4.98 Å².